The van der Waals surface area contributed by atoms with Crippen molar-refractivity contribution < 1.29 is 0 Å². The Bertz CT molecular complexity index is 289. The van der Waals surface area contributed by atoms with Crippen LogP contribution in [0.2, 0.25) is 0 Å². The average molecular weight is 255 g/mol. The lowest BCUT2D eigenvalue weighted by Gasteiger charge is -2.31. The Morgan fingerprint density at radius 3 is 2.64 bits per heavy atom. The van der Waals surface area contributed by atoms with E-state index in [-0.39, 0.29) is 0 Å². The van der Waals surface area contributed by atoms with Gasteiger partial charge >= 0.3 is 0 Å². The van der Waals surface area contributed by atoms with Crippen LogP contribution >= 0.6 is 15.9 Å². The topological polar surface area (TPSA) is 16.1 Å². The van der Waals surface area contributed by atoms with Crippen molar-refractivity contribution in [2.45, 2.75) is 19.8 Å². The lowest BCUT2D eigenvalue weighted by molar-refractivity contribution is 0.436. The van der Waals surface area contributed by atoms with Crippen LogP contribution in [0.1, 0.15) is 19.8 Å². The minimum absolute atomic E-state index is 0.877. The standard InChI is InChI=1S/C11H15BrN2/c1-9-4-6-14(7-5-9)11-3-2-10(12)8-13-11/h2-3,8-9H,4-7H2,1H3. The number of halogens is 1. The number of nitrogens with zero attached hydrogens (tertiary/aromatic N) is 2. The molecule has 0 bridgehead atoms. The molecule has 0 radical (unpaired) electrons. The van der Waals surface area contributed by atoms with Gasteiger partial charge in [0.1, 0.15) is 5.82 Å². The molecule has 1 aliphatic heterocycles. The summed E-state index contributed by atoms with van der Waals surface area (Å²) in [5, 5.41) is 0. The monoisotopic (exact) mass is 254 g/mol. The van der Waals surface area contributed by atoms with Crippen molar-refractivity contribution in [2.24, 2.45) is 5.92 Å². The van der Waals surface area contributed by atoms with Crippen LogP contribution in [0.25, 0.3) is 0 Å². The van der Waals surface area contributed by atoms with E-state index in [4.69, 9.17) is 0 Å². The third-order valence-corrected chi connectivity index (χ3v) is 3.29. The van der Waals surface area contributed by atoms with Gasteiger partial charge in [-0.15, -0.1) is 0 Å². The molecule has 0 aliphatic carbocycles. The molecule has 0 atom stereocenters. The first-order valence-corrected chi connectivity index (χ1v) is 5.91. The van der Waals surface area contributed by atoms with Crippen molar-refractivity contribution in [3.05, 3.63) is 22.8 Å². The summed E-state index contributed by atoms with van der Waals surface area (Å²) in [5.74, 6) is 1.99. The summed E-state index contributed by atoms with van der Waals surface area (Å²) in [7, 11) is 0. The van der Waals surface area contributed by atoms with Gasteiger partial charge in [0.2, 0.25) is 0 Å². The van der Waals surface area contributed by atoms with Gasteiger partial charge < -0.3 is 4.90 Å². The Kier molecular flexibility index (Phi) is 3.06. The third kappa shape index (κ3) is 2.27. The maximum absolute atomic E-state index is 4.41. The van der Waals surface area contributed by atoms with Crippen molar-refractivity contribution in [1.29, 1.82) is 0 Å². The van der Waals surface area contributed by atoms with E-state index in [0.29, 0.717) is 0 Å². The molecule has 3 heteroatoms. The Labute approximate surface area is 93.5 Å². The summed E-state index contributed by atoms with van der Waals surface area (Å²) < 4.78 is 1.05. The maximum Gasteiger partial charge on any atom is 0.128 e. The van der Waals surface area contributed by atoms with Crippen LogP contribution in [-0.2, 0) is 0 Å². The number of anilines is 1. The quantitative estimate of drug-likeness (QED) is 0.766. The Morgan fingerprint density at radius 2 is 2.07 bits per heavy atom. The molecular formula is C11H15BrN2. The van der Waals surface area contributed by atoms with E-state index in [9.17, 15) is 0 Å². The van der Waals surface area contributed by atoms with Crippen molar-refractivity contribution >= 4 is 21.7 Å². The fourth-order valence-corrected chi connectivity index (χ4v) is 2.03. The van der Waals surface area contributed by atoms with Gasteiger partial charge in [-0.25, -0.2) is 4.98 Å². The normalized spacial score (nSPS) is 18.6. The Hall–Kier alpha value is -0.570. The Balaban J connectivity index is 2.05. The van der Waals surface area contributed by atoms with Crippen LogP contribution in [0.4, 0.5) is 5.82 Å². The molecule has 2 heterocycles. The molecule has 1 aromatic rings. The zero-order valence-corrected chi connectivity index (χ0v) is 10.00. The maximum atomic E-state index is 4.41. The van der Waals surface area contributed by atoms with E-state index < -0.39 is 0 Å². The van der Waals surface area contributed by atoms with E-state index in [1.165, 1.54) is 12.8 Å². The summed E-state index contributed by atoms with van der Waals surface area (Å²) >= 11 is 3.40. The SMILES string of the molecule is CC1CCN(c2ccc(Br)cn2)CC1. The van der Waals surface area contributed by atoms with Gasteiger partial charge in [0.25, 0.3) is 0 Å². The van der Waals surface area contributed by atoms with Gasteiger partial charge in [0, 0.05) is 23.8 Å². The predicted molar refractivity (Wildman–Crippen MR) is 62.5 cm³/mol. The number of rotatable bonds is 1. The van der Waals surface area contributed by atoms with E-state index in [1.807, 2.05) is 6.20 Å². The molecule has 0 N–H and O–H groups in total. The lowest BCUT2D eigenvalue weighted by atomic mass is 9.99. The molecule has 0 aromatic carbocycles. The average Bonchev–Trinajstić information content (AvgIpc) is 2.21. The van der Waals surface area contributed by atoms with E-state index in [2.05, 4.69) is 44.9 Å². The van der Waals surface area contributed by atoms with Crippen molar-refractivity contribution in [3.63, 3.8) is 0 Å². The highest BCUT2D eigenvalue weighted by molar-refractivity contribution is 9.10. The van der Waals surface area contributed by atoms with Crippen LogP contribution in [0.3, 0.4) is 0 Å². The zero-order chi connectivity index (χ0) is 9.97. The highest BCUT2D eigenvalue weighted by Gasteiger charge is 2.16. The summed E-state index contributed by atoms with van der Waals surface area (Å²) in [6.45, 7) is 4.62. The van der Waals surface area contributed by atoms with Gasteiger partial charge in [-0.2, -0.15) is 0 Å². The fraction of sp³-hybridized carbons (Fsp3) is 0.545. The largest absolute Gasteiger partial charge is 0.357 e. The van der Waals surface area contributed by atoms with Gasteiger partial charge in [-0.3, -0.25) is 0 Å². The summed E-state index contributed by atoms with van der Waals surface area (Å²) in [4.78, 5) is 6.77. The number of hydrogen-bond acceptors (Lipinski definition) is 2. The molecule has 76 valence electrons. The molecule has 0 amide bonds. The Morgan fingerprint density at radius 1 is 1.36 bits per heavy atom. The third-order valence-electron chi connectivity index (χ3n) is 2.82. The molecule has 0 spiro atoms. The fourth-order valence-electron chi connectivity index (χ4n) is 1.79. The summed E-state index contributed by atoms with van der Waals surface area (Å²) in [6.07, 6.45) is 4.45. The molecule has 2 nitrogen and oxygen atoms in total. The number of aromatic nitrogens is 1. The predicted octanol–water partition coefficient (Wildman–Crippen LogP) is 3.08. The minimum Gasteiger partial charge on any atom is -0.357 e. The highest BCUT2D eigenvalue weighted by Crippen LogP contribution is 2.21. The van der Waals surface area contributed by atoms with Crippen LogP contribution in [0.5, 0.6) is 0 Å². The molecule has 1 aromatic heterocycles. The molecule has 1 saturated heterocycles. The van der Waals surface area contributed by atoms with E-state index >= 15 is 0 Å². The lowest BCUT2D eigenvalue weighted by Crippen LogP contribution is -2.33. The molecule has 1 fully saturated rings. The number of hydrogen-bond donors (Lipinski definition) is 0. The highest BCUT2D eigenvalue weighted by atomic mass is 79.9. The first-order chi connectivity index (χ1) is 6.75. The second-order valence-corrected chi connectivity index (χ2v) is 4.92. The molecule has 1 aliphatic rings. The summed E-state index contributed by atoms with van der Waals surface area (Å²) in [5.41, 5.74) is 0. The second kappa shape index (κ2) is 4.30. The van der Waals surface area contributed by atoms with Crippen molar-refractivity contribution in [1.82, 2.24) is 4.98 Å². The first kappa shape index (κ1) is 9.97. The van der Waals surface area contributed by atoms with Gasteiger partial charge in [0.05, 0.1) is 0 Å². The molecular weight excluding hydrogens is 240 g/mol. The second-order valence-electron chi connectivity index (χ2n) is 4.00. The molecule has 2 rings (SSSR count). The minimum atomic E-state index is 0.877. The van der Waals surface area contributed by atoms with Crippen LogP contribution in [0, 0.1) is 5.92 Å². The summed E-state index contributed by atoms with van der Waals surface area (Å²) in [6, 6.07) is 4.14. The van der Waals surface area contributed by atoms with E-state index in [0.717, 1.165) is 29.3 Å². The first-order valence-electron chi connectivity index (χ1n) is 5.12. The van der Waals surface area contributed by atoms with Crippen LogP contribution in [-0.4, -0.2) is 18.1 Å². The van der Waals surface area contributed by atoms with E-state index in [1.54, 1.807) is 0 Å². The van der Waals surface area contributed by atoms with Crippen LogP contribution in [0.15, 0.2) is 22.8 Å². The van der Waals surface area contributed by atoms with Crippen molar-refractivity contribution in [3.8, 4) is 0 Å². The smallest absolute Gasteiger partial charge is 0.128 e. The number of pyridine rings is 1. The molecule has 14 heavy (non-hydrogen) atoms. The molecule has 0 unspecified atom stereocenters. The molecule has 0 saturated carbocycles. The zero-order valence-electron chi connectivity index (χ0n) is 8.41. The van der Waals surface area contributed by atoms with Crippen LogP contribution < -0.4 is 4.90 Å². The van der Waals surface area contributed by atoms with Crippen molar-refractivity contribution in [2.75, 3.05) is 18.0 Å². The van der Waals surface area contributed by atoms with Gasteiger partial charge in [-0.05, 0) is 46.8 Å². The van der Waals surface area contributed by atoms with Gasteiger partial charge in [0.15, 0.2) is 0 Å². The number of piperidine rings is 1. The van der Waals surface area contributed by atoms with Gasteiger partial charge in [-0.1, -0.05) is 6.92 Å².